The lowest BCUT2D eigenvalue weighted by Gasteiger charge is -2.28. The van der Waals surface area contributed by atoms with Crippen LogP contribution in [-0.4, -0.2) is 38.8 Å². The summed E-state index contributed by atoms with van der Waals surface area (Å²) in [4.78, 5) is 14.7. The van der Waals surface area contributed by atoms with Crippen molar-refractivity contribution in [1.82, 2.24) is 5.32 Å². The van der Waals surface area contributed by atoms with Crippen molar-refractivity contribution in [1.29, 1.82) is 0 Å². The summed E-state index contributed by atoms with van der Waals surface area (Å²) < 4.78 is 5.39. The van der Waals surface area contributed by atoms with Gasteiger partial charge in [-0.05, 0) is 35.7 Å². The van der Waals surface area contributed by atoms with E-state index in [0.717, 1.165) is 32.0 Å². The molecule has 0 radical (unpaired) electrons. The normalized spacial score (nSPS) is 15.6. The van der Waals surface area contributed by atoms with Crippen LogP contribution in [0.2, 0.25) is 0 Å². The quantitative estimate of drug-likeness (QED) is 0.787. The van der Waals surface area contributed by atoms with Crippen molar-refractivity contribution in [2.24, 2.45) is 5.92 Å². The highest BCUT2D eigenvalue weighted by atomic mass is 16.5. The standard InChI is InChI=1S/C22H29N3O2/c1-17(2)22(18-6-4-3-5-7-18)23-16-21(26)24-19-8-10-20(11-9-19)25-12-14-27-15-13-25/h3-11,17,22-23H,12-16H2,1-2H3,(H,24,26)/t22-/m1/s1. The summed E-state index contributed by atoms with van der Waals surface area (Å²) in [7, 11) is 0. The fourth-order valence-electron chi connectivity index (χ4n) is 3.38. The molecule has 1 atom stereocenters. The summed E-state index contributed by atoms with van der Waals surface area (Å²) in [6, 6.07) is 18.4. The highest BCUT2D eigenvalue weighted by Crippen LogP contribution is 2.21. The second-order valence-corrected chi connectivity index (χ2v) is 7.21. The Labute approximate surface area is 161 Å². The van der Waals surface area contributed by atoms with E-state index in [9.17, 15) is 4.79 Å². The second-order valence-electron chi connectivity index (χ2n) is 7.21. The second kappa shape index (κ2) is 9.53. The Kier molecular flexibility index (Phi) is 6.85. The summed E-state index contributed by atoms with van der Waals surface area (Å²) in [5.74, 6) is 0.365. The summed E-state index contributed by atoms with van der Waals surface area (Å²) in [6.07, 6.45) is 0. The summed E-state index contributed by atoms with van der Waals surface area (Å²) in [6.45, 7) is 7.95. The van der Waals surface area contributed by atoms with Crippen molar-refractivity contribution in [3.05, 3.63) is 60.2 Å². The molecule has 0 aromatic heterocycles. The molecule has 5 nitrogen and oxygen atoms in total. The average Bonchev–Trinajstić information content (AvgIpc) is 2.70. The first kappa shape index (κ1) is 19.4. The predicted octanol–water partition coefficient (Wildman–Crippen LogP) is 3.45. The first-order valence-electron chi connectivity index (χ1n) is 9.64. The number of benzene rings is 2. The molecule has 1 fully saturated rings. The SMILES string of the molecule is CC(C)[C@@H](NCC(=O)Nc1ccc(N2CCOCC2)cc1)c1ccccc1. The van der Waals surface area contributed by atoms with Crippen LogP contribution >= 0.6 is 0 Å². The zero-order chi connectivity index (χ0) is 19.1. The van der Waals surface area contributed by atoms with Gasteiger partial charge in [-0.25, -0.2) is 0 Å². The molecule has 0 saturated carbocycles. The Bertz CT molecular complexity index is 710. The maximum atomic E-state index is 12.4. The number of carbonyl (C=O) groups excluding carboxylic acids is 1. The van der Waals surface area contributed by atoms with Gasteiger partial charge in [-0.2, -0.15) is 0 Å². The molecular weight excluding hydrogens is 338 g/mol. The molecule has 5 heteroatoms. The fraction of sp³-hybridized carbons (Fsp3) is 0.409. The zero-order valence-corrected chi connectivity index (χ0v) is 16.2. The number of hydrogen-bond acceptors (Lipinski definition) is 4. The lowest BCUT2D eigenvalue weighted by atomic mass is 9.96. The molecule has 2 N–H and O–H groups in total. The van der Waals surface area contributed by atoms with Crippen molar-refractivity contribution in [2.45, 2.75) is 19.9 Å². The molecule has 144 valence electrons. The van der Waals surface area contributed by atoms with Gasteiger partial charge in [0.2, 0.25) is 5.91 Å². The predicted molar refractivity (Wildman–Crippen MR) is 110 cm³/mol. The van der Waals surface area contributed by atoms with E-state index in [1.165, 1.54) is 11.3 Å². The van der Waals surface area contributed by atoms with Crippen LogP contribution in [-0.2, 0) is 9.53 Å². The minimum absolute atomic E-state index is 0.0318. The third-order valence-electron chi connectivity index (χ3n) is 4.84. The third kappa shape index (κ3) is 5.55. The highest BCUT2D eigenvalue weighted by Gasteiger charge is 2.16. The van der Waals surface area contributed by atoms with E-state index in [0.29, 0.717) is 5.92 Å². The number of amides is 1. The summed E-state index contributed by atoms with van der Waals surface area (Å²) in [5.41, 5.74) is 3.19. The van der Waals surface area contributed by atoms with E-state index in [2.05, 4.69) is 53.6 Å². The van der Waals surface area contributed by atoms with Gasteiger partial charge in [-0.15, -0.1) is 0 Å². The molecule has 1 amide bonds. The van der Waals surface area contributed by atoms with Gasteiger partial charge in [-0.3, -0.25) is 4.79 Å². The molecule has 0 aliphatic carbocycles. The van der Waals surface area contributed by atoms with Crippen molar-refractivity contribution < 1.29 is 9.53 Å². The molecule has 1 saturated heterocycles. The van der Waals surface area contributed by atoms with Crippen LogP contribution in [0.1, 0.15) is 25.5 Å². The van der Waals surface area contributed by atoms with Gasteiger partial charge < -0.3 is 20.3 Å². The molecule has 1 aliphatic heterocycles. The van der Waals surface area contributed by atoms with Gasteiger partial charge in [0.1, 0.15) is 0 Å². The van der Waals surface area contributed by atoms with Crippen molar-refractivity contribution in [2.75, 3.05) is 43.1 Å². The number of carbonyl (C=O) groups is 1. The molecular formula is C22H29N3O2. The zero-order valence-electron chi connectivity index (χ0n) is 16.2. The lowest BCUT2D eigenvalue weighted by Crippen LogP contribution is -2.36. The van der Waals surface area contributed by atoms with Gasteiger partial charge in [0, 0.05) is 30.5 Å². The van der Waals surface area contributed by atoms with Gasteiger partial charge in [-0.1, -0.05) is 44.2 Å². The number of hydrogen-bond donors (Lipinski definition) is 2. The number of rotatable bonds is 7. The number of morpholine rings is 1. The number of ether oxygens (including phenoxy) is 1. The van der Waals surface area contributed by atoms with Gasteiger partial charge in [0.05, 0.1) is 19.8 Å². The molecule has 0 unspecified atom stereocenters. The topological polar surface area (TPSA) is 53.6 Å². The van der Waals surface area contributed by atoms with Crippen LogP contribution in [0.4, 0.5) is 11.4 Å². The van der Waals surface area contributed by atoms with E-state index in [4.69, 9.17) is 4.74 Å². The van der Waals surface area contributed by atoms with Crippen molar-refractivity contribution >= 4 is 17.3 Å². The van der Waals surface area contributed by atoms with Crippen molar-refractivity contribution in [3.63, 3.8) is 0 Å². The first-order chi connectivity index (χ1) is 13.1. The van der Waals surface area contributed by atoms with Gasteiger partial charge in [0.25, 0.3) is 0 Å². The van der Waals surface area contributed by atoms with Crippen LogP contribution in [0.5, 0.6) is 0 Å². The molecule has 2 aromatic carbocycles. The highest BCUT2D eigenvalue weighted by molar-refractivity contribution is 5.92. The van der Waals surface area contributed by atoms with E-state index < -0.39 is 0 Å². The van der Waals surface area contributed by atoms with Crippen molar-refractivity contribution in [3.8, 4) is 0 Å². The molecule has 3 rings (SSSR count). The van der Waals surface area contributed by atoms with Crippen LogP contribution in [0.15, 0.2) is 54.6 Å². The number of anilines is 2. The largest absolute Gasteiger partial charge is 0.378 e. The van der Waals surface area contributed by atoms with Gasteiger partial charge >= 0.3 is 0 Å². The smallest absolute Gasteiger partial charge is 0.238 e. The van der Waals surface area contributed by atoms with Gasteiger partial charge in [0.15, 0.2) is 0 Å². The molecule has 1 aliphatic rings. The molecule has 0 bridgehead atoms. The Morgan fingerprint density at radius 2 is 1.70 bits per heavy atom. The summed E-state index contributed by atoms with van der Waals surface area (Å²) in [5, 5.41) is 6.36. The summed E-state index contributed by atoms with van der Waals surface area (Å²) >= 11 is 0. The number of nitrogens with one attached hydrogen (secondary N) is 2. The van der Waals surface area contributed by atoms with E-state index >= 15 is 0 Å². The van der Waals surface area contributed by atoms with E-state index in [-0.39, 0.29) is 18.5 Å². The van der Waals surface area contributed by atoms with Crippen LogP contribution in [0.3, 0.4) is 0 Å². The minimum atomic E-state index is -0.0318. The molecule has 27 heavy (non-hydrogen) atoms. The Morgan fingerprint density at radius 1 is 1.04 bits per heavy atom. The van der Waals surface area contributed by atoms with Crippen LogP contribution < -0.4 is 15.5 Å². The van der Waals surface area contributed by atoms with E-state index in [1.54, 1.807) is 0 Å². The molecule has 0 spiro atoms. The first-order valence-corrected chi connectivity index (χ1v) is 9.64. The lowest BCUT2D eigenvalue weighted by molar-refractivity contribution is -0.115. The maximum absolute atomic E-state index is 12.4. The molecule has 1 heterocycles. The Hall–Kier alpha value is -2.37. The molecule has 2 aromatic rings. The number of nitrogens with zero attached hydrogens (tertiary/aromatic N) is 1. The fourth-order valence-corrected chi connectivity index (χ4v) is 3.38. The van der Waals surface area contributed by atoms with Crippen LogP contribution in [0.25, 0.3) is 0 Å². The maximum Gasteiger partial charge on any atom is 0.238 e. The minimum Gasteiger partial charge on any atom is -0.378 e. The van der Waals surface area contributed by atoms with Crippen LogP contribution in [0, 0.1) is 5.92 Å². The van der Waals surface area contributed by atoms with E-state index in [1.807, 2.05) is 30.3 Å². The third-order valence-corrected chi connectivity index (χ3v) is 4.84. The Morgan fingerprint density at radius 3 is 2.33 bits per heavy atom. The monoisotopic (exact) mass is 367 g/mol. The average molecular weight is 367 g/mol. The Balaban J connectivity index is 1.52.